The summed E-state index contributed by atoms with van der Waals surface area (Å²) in [7, 11) is -3.65. The summed E-state index contributed by atoms with van der Waals surface area (Å²) in [6.07, 6.45) is 5.05. The van der Waals surface area contributed by atoms with Crippen LogP contribution in [0, 0.1) is 5.92 Å². The van der Waals surface area contributed by atoms with Crippen molar-refractivity contribution in [2.45, 2.75) is 56.9 Å². The molecule has 2 aromatic carbocycles. The van der Waals surface area contributed by atoms with Crippen LogP contribution in [0.5, 0.6) is 0 Å². The average molecular weight is 461 g/mol. The van der Waals surface area contributed by atoms with Gasteiger partial charge in [0.1, 0.15) is 0 Å². The summed E-state index contributed by atoms with van der Waals surface area (Å²) in [5, 5.41) is 3.22. The Bertz CT molecular complexity index is 1090. The van der Waals surface area contributed by atoms with E-state index in [1.54, 1.807) is 0 Å². The number of nitrogens with zero attached hydrogens (tertiary/aromatic N) is 1. The first kappa shape index (κ1) is 22.3. The lowest BCUT2D eigenvalue weighted by atomic mass is 10.0. The third-order valence-corrected chi connectivity index (χ3v) is 8.76. The van der Waals surface area contributed by atoms with Crippen LogP contribution in [0.3, 0.4) is 0 Å². The Kier molecular flexibility index (Phi) is 6.42. The number of hydrogen-bond acceptors (Lipinski definition) is 3. The van der Waals surface area contributed by atoms with Crippen molar-refractivity contribution in [3.63, 3.8) is 0 Å². The molecule has 1 aliphatic heterocycles. The molecule has 0 unspecified atom stereocenters. The Balaban J connectivity index is 1.53. The van der Waals surface area contributed by atoms with Crippen molar-refractivity contribution in [3.8, 4) is 0 Å². The maximum Gasteiger partial charge on any atom is 0.253 e. The van der Waals surface area contributed by atoms with Gasteiger partial charge in [-0.05, 0) is 79.8 Å². The van der Waals surface area contributed by atoms with Gasteiger partial charge in [0.05, 0.1) is 21.5 Å². The van der Waals surface area contributed by atoms with Crippen LogP contribution in [-0.4, -0.2) is 31.7 Å². The Labute approximate surface area is 189 Å². The fourth-order valence-corrected chi connectivity index (χ4v) is 6.13. The first-order chi connectivity index (χ1) is 14.8. The van der Waals surface area contributed by atoms with Gasteiger partial charge in [0.2, 0.25) is 10.0 Å². The maximum atomic E-state index is 13.1. The van der Waals surface area contributed by atoms with Crippen molar-refractivity contribution in [2.24, 2.45) is 5.92 Å². The average Bonchev–Trinajstić information content (AvgIpc) is 3.22. The highest BCUT2D eigenvalue weighted by Crippen LogP contribution is 2.28. The summed E-state index contributed by atoms with van der Waals surface area (Å²) < 4.78 is 27.7. The molecule has 0 spiro atoms. The number of nitrogens with one attached hydrogen (secondary N) is 1. The van der Waals surface area contributed by atoms with E-state index in [1.807, 2.05) is 6.92 Å². The maximum absolute atomic E-state index is 13.1. The molecule has 1 atom stereocenters. The number of halogens is 1. The molecule has 2 aromatic rings. The number of benzene rings is 2. The number of aryl methyl sites for hydroxylation is 2. The molecule has 1 amide bonds. The lowest BCUT2D eigenvalue weighted by Crippen LogP contribution is -2.38. The van der Waals surface area contributed by atoms with Crippen molar-refractivity contribution in [1.82, 2.24) is 9.62 Å². The first-order valence-corrected chi connectivity index (χ1v) is 12.8. The normalized spacial score (nSPS) is 18.5. The van der Waals surface area contributed by atoms with E-state index >= 15 is 0 Å². The van der Waals surface area contributed by atoms with Crippen molar-refractivity contribution >= 4 is 27.5 Å². The molecule has 7 heteroatoms. The standard InChI is InChI=1S/C24H29ClN2O3S/c1-16-10-12-27(13-11-16)31(29,30)21-8-9-23(25)22(15-21)24(28)26-17(2)19-7-6-18-4-3-5-20(18)14-19/h6-9,14-17H,3-5,10-13H2,1-2H3,(H,26,28)/t17-/m0/s1. The first-order valence-electron chi connectivity index (χ1n) is 11.0. The number of rotatable bonds is 5. The second-order valence-electron chi connectivity index (χ2n) is 8.81. The quantitative estimate of drug-likeness (QED) is 0.700. The summed E-state index contributed by atoms with van der Waals surface area (Å²) in [6, 6.07) is 10.5. The van der Waals surface area contributed by atoms with E-state index in [4.69, 9.17) is 11.6 Å². The summed E-state index contributed by atoms with van der Waals surface area (Å²) in [6.45, 7) is 5.07. The van der Waals surface area contributed by atoms with Crippen LogP contribution in [0.25, 0.3) is 0 Å². The predicted octanol–water partition coefficient (Wildman–Crippen LogP) is 4.74. The van der Waals surface area contributed by atoms with Crippen LogP contribution in [0.15, 0.2) is 41.3 Å². The molecule has 0 radical (unpaired) electrons. The zero-order chi connectivity index (χ0) is 22.2. The van der Waals surface area contributed by atoms with Gasteiger partial charge < -0.3 is 5.32 Å². The minimum Gasteiger partial charge on any atom is -0.345 e. The van der Waals surface area contributed by atoms with Crippen LogP contribution in [0.1, 0.15) is 66.2 Å². The summed E-state index contributed by atoms with van der Waals surface area (Å²) >= 11 is 6.28. The fraction of sp³-hybridized carbons (Fsp3) is 0.458. The summed E-state index contributed by atoms with van der Waals surface area (Å²) in [4.78, 5) is 13.1. The monoisotopic (exact) mass is 460 g/mol. The minimum absolute atomic E-state index is 0.113. The summed E-state index contributed by atoms with van der Waals surface area (Å²) in [5.74, 6) is 0.154. The second kappa shape index (κ2) is 8.93. The van der Waals surface area contributed by atoms with Crippen molar-refractivity contribution in [2.75, 3.05) is 13.1 Å². The molecule has 4 rings (SSSR count). The molecular weight excluding hydrogens is 432 g/mol. The number of carbonyl (C=O) groups is 1. The van der Waals surface area contributed by atoms with E-state index in [1.165, 1.54) is 40.1 Å². The van der Waals surface area contributed by atoms with E-state index in [-0.39, 0.29) is 27.4 Å². The van der Waals surface area contributed by atoms with Crippen molar-refractivity contribution in [1.29, 1.82) is 0 Å². The molecule has 1 heterocycles. The van der Waals surface area contributed by atoms with Crippen molar-refractivity contribution in [3.05, 3.63) is 63.7 Å². The SMILES string of the molecule is CC1CCN(S(=O)(=O)c2ccc(Cl)c(C(=O)N[C@@H](C)c3ccc4c(c3)CCC4)c2)CC1. The molecule has 1 saturated heterocycles. The van der Waals surface area contributed by atoms with Gasteiger partial charge in [-0.1, -0.05) is 36.7 Å². The van der Waals surface area contributed by atoms with Gasteiger partial charge in [0.25, 0.3) is 5.91 Å². The third kappa shape index (κ3) is 4.66. The predicted molar refractivity (Wildman–Crippen MR) is 123 cm³/mol. The van der Waals surface area contributed by atoms with E-state index in [9.17, 15) is 13.2 Å². The number of piperidine rings is 1. The highest BCUT2D eigenvalue weighted by atomic mass is 35.5. The van der Waals surface area contributed by atoms with Gasteiger partial charge in [-0.2, -0.15) is 4.31 Å². The third-order valence-electron chi connectivity index (χ3n) is 6.53. The van der Waals surface area contributed by atoms with Gasteiger partial charge in [0, 0.05) is 13.1 Å². The largest absolute Gasteiger partial charge is 0.345 e. The number of fused-ring (bicyclic) bond motifs is 1. The lowest BCUT2D eigenvalue weighted by Gasteiger charge is -2.29. The highest BCUT2D eigenvalue weighted by molar-refractivity contribution is 7.89. The molecule has 0 saturated carbocycles. The molecule has 0 bridgehead atoms. The Morgan fingerprint density at radius 2 is 1.81 bits per heavy atom. The fourth-order valence-electron chi connectivity index (χ4n) is 4.43. The molecule has 2 aliphatic rings. The van der Waals surface area contributed by atoms with Crippen molar-refractivity contribution < 1.29 is 13.2 Å². The summed E-state index contributed by atoms with van der Waals surface area (Å²) in [5.41, 5.74) is 3.95. The minimum atomic E-state index is -3.65. The zero-order valence-corrected chi connectivity index (χ0v) is 19.6. The van der Waals surface area contributed by atoms with Crippen LogP contribution in [0.2, 0.25) is 5.02 Å². The smallest absolute Gasteiger partial charge is 0.253 e. The van der Waals surface area contributed by atoms with Gasteiger partial charge in [-0.15, -0.1) is 0 Å². The highest BCUT2D eigenvalue weighted by Gasteiger charge is 2.29. The number of carbonyl (C=O) groups excluding carboxylic acids is 1. The van der Waals surface area contributed by atoms with Crippen LogP contribution in [-0.2, 0) is 22.9 Å². The topological polar surface area (TPSA) is 66.5 Å². The Hall–Kier alpha value is -1.89. The van der Waals surface area contributed by atoms with E-state index in [0.717, 1.165) is 31.2 Å². The van der Waals surface area contributed by atoms with E-state index in [0.29, 0.717) is 19.0 Å². The van der Waals surface area contributed by atoms with Crippen LogP contribution < -0.4 is 5.32 Å². The molecule has 0 aromatic heterocycles. The van der Waals surface area contributed by atoms with Crippen LogP contribution >= 0.6 is 11.6 Å². The van der Waals surface area contributed by atoms with Gasteiger partial charge in [0.15, 0.2) is 0 Å². The molecular formula is C24H29ClN2O3S. The van der Waals surface area contributed by atoms with E-state index in [2.05, 4.69) is 30.4 Å². The van der Waals surface area contributed by atoms with E-state index < -0.39 is 10.0 Å². The van der Waals surface area contributed by atoms with Gasteiger partial charge in [-0.25, -0.2) is 8.42 Å². The van der Waals surface area contributed by atoms with Crippen LogP contribution in [0.4, 0.5) is 0 Å². The molecule has 1 N–H and O–H groups in total. The lowest BCUT2D eigenvalue weighted by molar-refractivity contribution is 0.0940. The Morgan fingerprint density at radius 1 is 1.10 bits per heavy atom. The number of sulfonamides is 1. The molecule has 5 nitrogen and oxygen atoms in total. The number of hydrogen-bond donors (Lipinski definition) is 1. The number of amides is 1. The van der Waals surface area contributed by atoms with Gasteiger partial charge in [-0.3, -0.25) is 4.79 Å². The zero-order valence-electron chi connectivity index (χ0n) is 18.0. The Morgan fingerprint density at radius 3 is 2.55 bits per heavy atom. The molecule has 1 fully saturated rings. The molecule has 31 heavy (non-hydrogen) atoms. The second-order valence-corrected chi connectivity index (χ2v) is 11.2. The molecule has 166 valence electrons. The van der Waals surface area contributed by atoms with Gasteiger partial charge >= 0.3 is 0 Å². The molecule has 1 aliphatic carbocycles.